The summed E-state index contributed by atoms with van der Waals surface area (Å²) in [4.78, 5) is 1.79. The molecule has 8 heteroatoms. The topological polar surface area (TPSA) is 35.5 Å². The summed E-state index contributed by atoms with van der Waals surface area (Å²) in [5.41, 5.74) is 0.967. The molecule has 22 heavy (non-hydrogen) atoms. The standard InChI is InChI=1S/C14H19F3N2O.2ClH/c1-10-3-2-4-11(13(10)20)12(9-14(15,16)17)19-7-5-18-6-8-19;;/h2-4,12,18,20H,5-9H2,1H3;2*1H/t12-;;/m0../s1. The fraction of sp³-hybridized carbons (Fsp3) is 0.571. The van der Waals surface area contributed by atoms with Crippen molar-refractivity contribution in [3.63, 3.8) is 0 Å². The zero-order valence-corrected chi connectivity index (χ0v) is 13.8. The van der Waals surface area contributed by atoms with Gasteiger partial charge in [0.05, 0.1) is 6.42 Å². The normalized spacial score (nSPS) is 17.3. The van der Waals surface area contributed by atoms with Crippen molar-refractivity contribution in [1.29, 1.82) is 0 Å². The second-order valence-electron chi connectivity index (χ2n) is 5.13. The highest BCUT2D eigenvalue weighted by Crippen LogP contribution is 2.38. The summed E-state index contributed by atoms with van der Waals surface area (Å²) >= 11 is 0. The van der Waals surface area contributed by atoms with Gasteiger partial charge in [0.25, 0.3) is 0 Å². The predicted molar refractivity (Wildman–Crippen MR) is 85.2 cm³/mol. The number of rotatable bonds is 3. The number of nitrogens with one attached hydrogen (secondary N) is 1. The Kier molecular flexibility index (Phi) is 8.54. The molecule has 0 aromatic heterocycles. The van der Waals surface area contributed by atoms with E-state index in [0.717, 1.165) is 0 Å². The molecule has 2 rings (SSSR count). The van der Waals surface area contributed by atoms with Gasteiger partial charge in [-0.15, -0.1) is 24.8 Å². The number of piperazine rings is 1. The molecule has 0 spiro atoms. The summed E-state index contributed by atoms with van der Waals surface area (Å²) in [5, 5.41) is 13.2. The number of hydrogen-bond donors (Lipinski definition) is 2. The zero-order valence-electron chi connectivity index (χ0n) is 12.2. The van der Waals surface area contributed by atoms with Crippen LogP contribution in [0.25, 0.3) is 0 Å². The molecule has 1 saturated heterocycles. The van der Waals surface area contributed by atoms with E-state index in [1.54, 1.807) is 30.0 Å². The Morgan fingerprint density at radius 2 is 1.82 bits per heavy atom. The molecule has 1 fully saturated rings. The third-order valence-electron chi connectivity index (χ3n) is 3.65. The maximum Gasteiger partial charge on any atom is 0.390 e. The molecule has 0 aliphatic carbocycles. The molecule has 3 nitrogen and oxygen atoms in total. The number of hydrogen-bond acceptors (Lipinski definition) is 3. The summed E-state index contributed by atoms with van der Waals surface area (Å²) in [7, 11) is 0. The Balaban J connectivity index is 0.00000220. The minimum atomic E-state index is -4.26. The van der Waals surface area contributed by atoms with Gasteiger partial charge >= 0.3 is 6.18 Å². The molecule has 2 N–H and O–H groups in total. The first-order valence-corrected chi connectivity index (χ1v) is 6.68. The van der Waals surface area contributed by atoms with Crippen LogP contribution in [0.3, 0.4) is 0 Å². The van der Waals surface area contributed by atoms with Crippen LogP contribution in [0.15, 0.2) is 18.2 Å². The molecular weight excluding hydrogens is 340 g/mol. The summed E-state index contributed by atoms with van der Waals surface area (Å²) < 4.78 is 38.6. The molecule has 1 aromatic carbocycles. The number of halogens is 5. The van der Waals surface area contributed by atoms with Crippen molar-refractivity contribution in [1.82, 2.24) is 10.2 Å². The van der Waals surface area contributed by atoms with E-state index in [0.29, 0.717) is 37.3 Å². The lowest BCUT2D eigenvalue weighted by molar-refractivity contribution is -0.148. The largest absolute Gasteiger partial charge is 0.507 e. The van der Waals surface area contributed by atoms with Crippen LogP contribution in [0.5, 0.6) is 5.75 Å². The van der Waals surface area contributed by atoms with Crippen molar-refractivity contribution in [2.45, 2.75) is 25.6 Å². The highest BCUT2D eigenvalue weighted by atomic mass is 35.5. The quantitative estimate of drug-likeness (QED) is 0.866. The van der Waals surface area contributed by atoms with Gasteiger partial charge in [-0.05, 0) is 12.5 Å². The predicted octanol–water partition coefficient (Wildman–Crippen LogP) is 3.44. The Hall–Kier alpha value is -0.690. The Morgan fingerprint density at radius 3 is 2.36 bits per heavy atom. The third kappa shape index (κ3) is 5.50. The van der Waals surface area contributed by atoms with Gasteiger partial charge in [-0.3, -0.25) is 4.90 Å². The number of phenolic OH excluding ortho intramolecular Hbond substituents is 1. The molecule has 0 saturated carbocycles. The number of phenols is 1. The molecule has 1 atom stereocenters. The Labute approximate surface area is 140 Å². The maximum absolute atomic E-state index is 12.9. The van der Waals surface area contributed by atoms with E-state index < -0.39 is 18.6 Å². The molecule has 0 amide bonds. The SMILES string of the molecule is Cc1cccc([C@H](CC(F)(F)F)N2CCNCC2)c1O.Cl.Cl. The van der Waals surface area contributed by atoms with Crippen molar-refractivity contribution in [2.75, 3.05) is 26.2 Å². The molecule has 1 heterocycles. The molecule has 1 aliphatic heterocycles. The molecule has 0 bridgehead atoms. The monoisotopic (exact) mass is 360 g/mol. The lowest BCUT2D eigenvalue weighted by Crippen LogP contribution is -2.46. The Morgan fingerprint density at radius 1 is 1.23 bits per heavy atom. The van der Waals surface area contributed by atoms with Crippen LogP contribution in [-0.2, 0) is 0 Å². The number of benzene rings is 1. The fourth-order valence-electron chi connectivity index (χ4n) is 2.60. The fourth-order valence-corrected chi connectivity index (χ4v) is 2.60. The van der Waals surface area contributed by atoms with E-state index in [1.807, 2.05) is 0 Å². The summed E-state index contributed by atoms with van der Waals surface area (Å²) in [5.74, 6) is -0.0275. The molecule has 1 aliphatic rings. The number of aryl methyl sites for hydroxylation is 1. The average molecular weight is 361 g/mol. The van der Waals surface area contributed by atoms with E-state index in [2.05, 4.69) is 5.32 Å². The van der Waals surface area contributed by atoms with Crippen LogP contribution in [0, 0.1) is 6.92 Å². The van der Waals surface area contributed by atoms with E-state index in [-0.39, 0.29) is 30.6 Å². The van der Waals surface area contributed by atoms with E-state index in [1.165, 1.54) is 0 Å². The van der Waals surface area contributed by atoms with Gasteiger partial charge in [0, 0.05) is 37.8 Å². The molecule has 1 aromatic rings. The second kappa shape index (κ2) is 8.82. The van der Waals surface area contributed by atoms with Gasteiger partial charge in [-0.25, -0.2) is 0 Å². The van der Waals surface area contributed by atoms with Crippen LogP contribution in [-0.4, -0.2) is 42.4 Å². The third-order valence-corrected chi connectivity index (χ3v) is 3.65. The van der Waals surface area contributed by atoms with E-state index in [9.17, 15) is 18.3 Å². The molecule has 0 radical (unpaired) electrons. The van der Waals surface area contributed by atoms with Gasteiger partial charge in [0.1, 0.15) is 5.75 Å². The number of nitrogens with zero attached hydrogens (tertiary/aromatic N) is 1. The minimum Gasteiger partial charge on any atom is -0.507 e. The summed E-state index contributed by atoms with van der Waals surface area (Å²) in [6, 6.07) is 4.15. The van der Waals surface area contributed by atoms with Crippen molar-refractivity contribution in [2.24, 2.45) is 0 Å². The van der Waals surface area contributed by atoms with Crippen LogP contribution in [0.1, 0.15) is 23.6 Å². The summed E-state index contributed by atoms with van der Waals surface area (Å²) in [6.45, 7) is 4.13. The maximum atomic E-state index is 12.9. The number of aromatic hydroxyl groups is 1. The van der Waals surface area contributed by atoms with Gasteiger partial charge < -0.3 is 10.4 Å². The average Bonchev–Trinajstić information content (AvgIpc) is 2.40. The van der Waals surface area contributed by atoms with Crippen molar-refractivity contribution in [3.05, 3.63) is 29.3 Å². The van der Waals surface area contributed by atoms with Gasteiger partial charge in [0.2, 0.25) is 0 Å². The first-order chi connectivity index (χ1) is 9.38. The van der Waals surface area contributed by atoms with Crippen LogP contribution < -0.4 is 5.32 Å². The summed E-state index contributed by atoms with van der Waals surface area (Å²) in [6.07, 6.45) is -5.20. The van der Waals surface area contributed by atoms with Crippen molar-refractivity contribution >= 4 is 24.8 Å². The minimum absolute atomic E-state index is 0. The zero-order chi connectivity index (χ0) is 14.8. The lowest BCUT2D eigenvalue weighted by atomic mass is 9.97. The number of alkyl halides is 3. The van der Waals surface area contributed by atoms with Gasteiger partial charge in [0.15, 0.2) is 0 Å². The number of para-hydroxylation sites is 1. The van der Waals surface area contributed by atoms with Crippen molar-refractivity contribution in [3.8, 4) is 5.75 Å². The first-order valence-electron chi connectivity index (χ1n) is 6.68. The van der Waals surface area contributed by atoms with Crippen LogP contribution in [0.4, 0.5) is 13.2 Å². The molecule has 0 unspecified atom stereocenters. The molecular formula is C14H21Cl2F3N2O. The highest BCUT2D eigenvalue weighted by molar-refractivity contribution is 5.85. The van der Waals surface area contributed by atoms with E-state index >= 15 is 0 Å². The van der Waals surface area contributed by atoms with Gasteiger partial charge in [-0.2, -0.15) is 13.2 Å². The van der Waals surface area contributed by atoms with Crippen LogP contribution in [0.2, 0.25) is 0 Å². The van der Waals surface area contributed by atoms with Crippen LogP contribution >= 0.6 is 24.8 Å². The highest BCUT2D eigenvalue weighted by Gasteiger charge is 2.37. The van der Waals surface area contributed by atoms with E-state index in [4.69, 9.17) is 0 Å². The lowest BCUT2D eigenvalue weighted by Gasteiger charge is -2.36. The first kappa shape index (κ1) is 21.3. The van der Waals surface area contributed by atoms with Gasteiger partial charge in [-0.1, -0.05) is 18.2 Å². The molecule has 128 valence electrons. The second-order valence-corrected chi connectivity index (χ2v) is 5.13. The Bertz CT molecular complexity index is 466. The van der Waals surface area contributed by atoms with Crippen molar-refractivity contribution < 1.29 is 18.3 Å². The smallest absolute Gasteiger partial charge is 0.390 e.